The van der Waals surface area contributed by atoms with Crippen molar-refractivity contribution in [3.8, 4) is 0 Å². The number of ether oxygens (including phenoxy) is 1. The molecule has 1 saturated heterocycles. The third-order valence-electron chi connectivity index (χ3n) is 3.31. The molecule has 3 unspecified atom stereocenters. The van der Waals surface area contributed by atoms with Crippen molar-refractivity contribution in [3.63, 3.8) is 0 Å². The summed E-state index contributed by atoms with van der Waals surface area (Å²) in [6, 6.07) is -0.00472. The Kier molecular flexibility index (Phi) is 4.04. The van der Waals surface area contributed by atoms with Crippen LogP contribution < -0.4 is 11.3 Å². The number of nitrogens with two attached hydrogens (primary N) is 1. The van der Waals surface area contributed by atoms with Gasteiger partial charge in [-0.1, -0.05) is 11.6 Å². The topological polar surface area (TPSA) is 65.1 Å². The first-order chi connectivity index (χ1) is 8.17. The maximum absolute atomic E-state index is 6.19. The van der Waals surface area contributed by atoms with Crippen LogP contribution in [0.25, 0.3) is 0 Å². The van der Waals surface area contributed by atoms with E-state index in [0.717, 1.165) is 18.7 Å². The third kappa shape index (κ3) is 2.47. The maximum Gasteiger partial charge on any atom is 0.0834 e. The van der Waals surface area contributed by atoms with Crippen LogP contribution in [0.5, 0.6) is 0 Å². The monoisotopic (exact) mass is 258 g/mol. The molecule has 0 aromatic carbocycles. The van der Waals surface area contributed by atoms with Crippen molar-refractivity contribution in [2.24, 2.45) is 11.8 Å². The average molecular weight is 259 g/mol. The zero-order valence-corrected chi connectivity index (χ0v) is 10.9. The summed E-state index contributed by atoms with van der Waals surface area (Å²) >= 11 is 6.19. The zero-order valence-electron chi connectivity index (χ0n) is 10.2. The molecular weight excluding hydrogens is 240 g/mol. The van der Waals surface area contributed by atoms with Gasteiger partial charge in [0.1, 0.15) is 0 Å². The van der Waals surface area contributed by atoms with Crippen LogP contribution in [-0.4, -0.2) is 22.5 Å². The van der Waals surface area contributed by atoms with Crippen LogP contribution in [0, 0.1) is 5.92 Å². The minimum Gasteiger partial charge on any atom is -0.378 e. The Balaban J connectivity index is 2.25. The fourth-order valence-electron chi connectivity index (χ4n) is 2.45. The largest absolute Gasteiger partial charge is 0.378 e. The van der Waals surface area contributed by atoms with E-state index in [4.69, 9.17) is 22.2 Å². The van der Waals surface area contributed by atoms with E-state index in [2.05, 4.69) is 17.4 Å². The van der Waals surface area contributed by atoms with Gasteiger partial charge in [-0.15, -0.1) is 0 Å². The Bertz CT molecular complexity index is 382. The van der Waals surface area contributed by atoms with E-state index >= 15 is 0 Å². The number of nitrogens with one attached hydrogen (secondary N) is 1. The quantitative estimate of drug-likeness (QED) is 0.634. The molecule has 2 rings (SSSR count). The second kappa shape index (κ2) is 5.35. The Morgan fingerprint density at radius 1 is 1.76 bits per heavy atom. The molecule has 2 heterocycles. The highest BCUT2D eigenvalue weighted by atomic mass is 35.5. The summed E-state index contributed by atoms with van der Waals surface area (Å²) in [6.07, 6.45) is 2.94. The van der Waals surface area contributed by atoms with E-state index in [0.29, 0.717) is 17.5 Å². The third-order valence-corrected chi connectivity index (χ3v) is 3.60. The average Bonchev–Trinajstić information content (AvgIpc) is 2.89. The van der Waals surface area contributed by atoms with Gasteiger partial charge in [0, 0.05) is 12.5 Å². The molecule has 3 N–H and O–H groups in total. The molecule has 0 saturated carbocycles. The highest BCUT2D eigenvalue weighted by Gasteiger charge is 2.33. The van der Waals surface area contributed by atoms with E-state index in [1.54, 1.807) is 6.20 Å². The molecule has 1 aromatic rings. The molecule has 1 aliphatic heterocycles. The van der Waals surface area contributed by atoms with Crippen molar-refractivity contribution in [2.45, 2.75) is 39.0 Å². The van der Waals surface area contributed by atoms with Gasteiger partial charge in [-0.2, -0.15) is 5.10 Å². The molecule has 3 atom stereocenters. The Labute approximate surface area is 106 Å². The standard InChI is InChI=1S/C11H19ClN4O/c1-3-16-11(9(12)5-14-16)10(15-13)8-4-7(2)17-6-8/h5,7-8,10,15H,3-4,6,13H2,1-2H3. The molecule has 0 aliphatic carbocycles. The SMILES string of the molecule is CCn1ncc(Cl)c1C(NN)C1COC(C)C1. The van der Waals surface area contributed by atoms with Gasteiger partial charge in [-0.25, -0.2) is 0 Å². The van der Waals surface area contributed by atoms with Crippen LogP contribution >= 0.6 is 11.6 Å². The van der Waals surface area contributed by atoms with Gasteiger partial charge in [0.25, 0.3) is 0 Å². The normalized spacial score (nSPS) is 26.4. The highest BCUT2D eigenvalue weighted by Crippen LogP contribution is 2.34. The van der Waals surface area contributed by atoms with Gasteiger partial charge in [0.15, 0.2) is 0 Å². The van der Waals surface area contributed by atoms with Crippen LogP contribution in [0.1, 0.15) is 32.0 Å². The first kappa shape index (κ1) is 12.8. The predicted octanol–water partition coefficient (Wildman–Crippen LogP) is 1.49. The molecule has 0 radical (unpaired) electrons. The summed E-state index contributed by atoms with van der Waals surface area (Å²) in [5.41, 5.74) is 3.81. The van der Waals surface area contributed by atoms with Crippen molar-refractivity contribution >= 4 is 11.6 Å². The van der Waals surface area contributed by atoms with Gasteiger partial charge in [-0.05, 0) is 20.3 Å². The van der Waals surface area contributed by atoms with E-state index < -0.39 is 0 Å². The first-order valence-corrected chi connectivity index (χ1v) is 6.34. The number of aryl methyl sites for hydroxylation is 1. The molecular formula is C11H19ClN4O. The van der Waals surface area contributed by atoms with E-state index in [9.17, 15) is 0 Å². The summed E-state index contributed by atoms with van der Waals surface area (Å²) in [7, 11) is 0. The van der Waals surface area contributed by atoms with E-state index in [1.165, 1.54) is 0 Å². The van der Waals surface area contributed by atoms with Gasteiger partial charge >= 0.3 is 0 Å². The summed E-state index contributed by atoms with van der Waals surface area (Å²) < 4.78 is 7.48. The summed E-state index contributed by atoms with van der Waals surface area (Å²) in [5, 5.41) is 4.90. The number of nitrogens with zero attached hydrogens (tertiary/aromatic N) is 2. The molecule has 1 aromatic heterocycles. The van der Waals surface area contributed by atoms with Gasteiger partial charge in [0.2, 0.25) is 0 Å². The fraction of sp³-hybridized carbons (Fsp3) is 0.727. The number of aromatic nitrogens is 2. The molecule has 1 aliphatic rings. The van der Waals surface area contributed by atoms with Crippen molar-refractivity contribution in [3.05, 3.63) is 16.9 Å². The smallest absolute Gasteiger partial charge is 0.0834 e. The lowest BCUT2D eigenvalue weighted by Crippen LogP contribution is -2.35. The number of hydrogen-bond donors (Lipinski definition) is 2. The maximum atomic E-state index is 6.19. The summed E-state index contributed by atoms with van der Waals surface area (Å²) in [5.74, 6) is 6.02. The predicted molar refractivity (Wildman–Crippen MR) is 66.5 cm³/mol. The lowest BCUT2D eigenvalue weighted by Gasteiger charge is -2.22. The molecule has 5 nitrogen and oxygen atoms in total. The van der Waals surface area contributed by atoms with Crippen LogP contribution in [0.4, 0.5) is 0 Å². The molecule has 1 fully saturated rings. The van der Waals surface area contributed by atoms with Gasteiger partial charge in [-0.3, -0.25) is 16.0 Å². The summed E-state index contributed by atoms with van der Waals surface area (Å²) in [6.45, 7) is 5.60. The second-order valence-corrected chi connectivity index (χ2v) is 4.88. The van der Waals surface area contributed by atoms with Crippen LogP contribution in [0.15, 0.2) is 6.20 Å². The van der Waals surface area contributed by atoms with Gasteiger partial charge < -0.3 is 4.74 Å². The zero-order chi connectivity index (χ0) is 12.4. The lowest BCUT2D eigenvalue weighted by molar-refractivity contribution is 0.116. The molecule has 96 valence electrons. The molecule has 17 heavy (non-hydrogen) atoms. The van der Waals surface area contributed by atoms with Crippen LogP contribution in [-0.2, 0) is 11.3 Å². The fourth-order valence-corrected chi connectivity index (χ4v) is 2.71. The highest BCUT2D eigenvalue weighted by molar-refractivity contribution is 6.31. The van der Waals surface area contributed by atoms with E-state index in [1.807, 2.05) is 11.6 Å². The van der Waals surface area contributed by atoms with Crippen LogP contribution in [0.3, 0.4) is 0 Å². The summed E-state index contributed by atoms with van der Waals surface area (Å²) in [4.78, 5) is 0. The number of rotatable bonds is 4. The molecule has 0 spiro atoms. The van der Waals surface area contributed by atoms with Crippen molar-refractivity contribution in [2.75, 3.05) is 6.61 Å². The van der Waals surface area contributed by atoms with Crippen molar-refractivity contribution in [1.82, 2.24) is 15.2 Å². The van der Waals surface area contributed by atoms with E-state index in [-0.39, 0.29) is 12.1 Å². The number of halogens is 1. The minimum absolute atomic E-state index is 0.00472. The molecule has 6 heteroatoms. The molecule has 0 amide bonds. The first-order valence-electron chi connectivity index (χ1n) is 5.96. The minimum atomic E-state index is -0.00472. The second-order valence-electron chi connectivity index (χ2n) is 4.48. The van der Waals surface area contributed by atoms with Crippen molar-refractivity contribution in [1.29, 1.82) is 0 Å². The Morgan fingerprint density at radius 2 is 2.53 bits per heavy atom. The van der Waals surface area contributed by atoms with Crippen LogP contribution in [0.2, 0.25) is 5.02 Å². The Hall–Kier alpha value is -0.620. The number of hydrogen-bond acceptors (Lipinski definition) is 4. The lowest BCUT2D eigenvalue weighted by atomic mass is 9.95. The number of hydrazine groups is 1. The van der Waals surface area contributed by atoms with Gasteiger partial charge in [0.05, 0.1) is 35.7 Å². The Morgan fingerprint density at radius 3 is 3.06 bits per heavy atom. The molecule has 0 bridgehead atoms. The van der Waals surface area contributed by atoms with Crippen molar-refractivity contribution < 1.29 is 4.74 Å².